The van der Waals surface area contributed by atoms with Crippen molar-refractivity contribution in [2.75, 3.05) is 0 Å². The zero-order valence-corrected chi connectivity index (χ0v) is 7.58. The first-order chi connectivity index (χ1) is 6.21. The van der Waals surface area contributed by atoms with Gasteiger partial charge >= 0.3 is 5.97 Å². The summed E-state index contributed by atoms with van der Waals surface area (Å²) in [5, 5.41) is 11.5. The van der Waals surface area contributed by atoms with Crippen molar-refractivity contribution in [3.63, 3.8) is 0 Å². The Hall–Kier alpha value is -1.06. The molecular formula is C9H15NO3. The molecule has 1 aliphatic carbocycles. The van der Waals surface area contributed by atoms with Gasteiger partial charge in [-0.15, -0.1) is 0 Å². The molecule has 1 amide bonds. The SMILES string of the molecule is O=CNC1(C(=O)O)CCCCCC1. The van der Waals surface area contributed by atoms with E-state index in [1.807, 2.05) is 0 Å². The van der Waals surface area contributed by atoms with Crippen LogP contribution in [0.25, 0.3) is 0 Å². The van der Waals surface area contributed by atoms with Crippen molar-refractivity contribution >= 4 is 12.4 Å². The Balaban J connectivity index is 2.73. The van der Waals surface area contributed by atoms with Crippen LogP contribution in [-0.2, 0) is 9.59 Å². The summed E-state index contributed by atoms with van der Waals surface area (Å²) >= 11 is 0. The van der Waals surface area contributed by atoms with Gasteiger partial charge in [-0.1, -0.05) is 25.7 Å². The number of carboxylic acid groups (broad SMARTS) is 1. The summed E-state index contributed by atoms with van der Waals surface area (Å²) in [5.41, 5.74) is -0.988. The number of amides is 1. The zero-order valence-electron chi connectivity index (χ0n) is 7.58. The minimum Gasteiger partial charge on any atom is -0.480 e. The fraction of sp³-hybridized carbons (Fsp3) is 0.778. The highest BCUT2D eigenvalue weighted by Crippen LogP contribution is 2.26. The largest absolute Gasteiger partial charge is 0.480 e. The molecule has 0 aromatic rings. The minimum atomic E-state index is -0.988. The lowest BCUT2D eigenvalue weighted by molar-refractivity contribution is -0.146. The normalized spacial score (nSPS) is 21.5. The van der Waals surface area contributed by atoms with E-state index in [0.29, 0.717) is 19.3 Å². The third kappa shape index (κ3) is 2.20. The van der Waals surface area contributed by atoms with E-state index in [2.05, 4.69) is 5.32 Å². The molecule has 0 aromatic carbocycles. The third-order valence-electron chi connectivity index (χ3n) is 2.70. The molecule has 0 atom stereocenters. The summed E-state index contributed by atoms with van der Waals surface area (Å²) in [6.45, 7) is 0. The second-order valence-electron chi connectivity index (χ2n) is 3.56. The van der Waals surface area contributed by atoms with Gasteiger partial charge in [0, 0.05) is 0 Å². The second kappa shape index (κ2) is 4.25. The molecule has 0 spiro atoms. The molecule has 0 radical (unpaired) electrons. The summed E-state index contributed by atoms with van der Waals surface area (Å²) in [6, 6.07) is 0. The molecule has 13 heavy (non-hydrogen) atoms. The molecule has 74 valence electrons. The van der Waals surface area contributed by atoms with E-state index in [1.54, 1.807) is 0 Å². The van der Waals surface area contributed by atoms with Crippen LogP contribution in [0.4, 0.5) is 0 Å². The van der Waals surface area contributed by atoms with Crippen LogP contribution >= 0.6 is 0 Å². The first kappa shape index (κ1) is 10.0. The Morgan fingerprint density at radius 3 is 2.15 bits per heavy atom. The van der Waals surface area contributed by atoms with Gasteiger partial charge in [-0.2, -0.15) is 0 Å². The number of carboxylic acids is 1. The van der Waals surface area contributed by atoms with E-state index in [4.69, 9.17) is 5.11 Å². The number of nitrogens with one attached hydrogen (secondary N) is 1. The van der Waals surface area contributed by atoms with Crippen LogP contribution in [0.5, 0.6) is 0 Å². The van der Waals surface area contributed by atoms with Crippen molar-refractivity contribution in [1.82, 2.24) is 5.32 Å². The van der Waals surface area contributed by atoms with Gasteiger partial charge in [0.15, 0.2) is 0 Å². The average Bonchev–Trinajstić information content (AvgIpc) is 2.31. The first-order valence-corrected chi connectivity index (χ1v) is 4.66. The Labute approximate surface area is 77.3 Å². The van der Waals surface area contributed by atoms with Crippen LogP contribution < -0.4 is 5.32 Å². The van der Waals surface area contributed by atoms with Crippen LogP contribution in [-0.4, -0.2) is 23.0 Å². The molecule has 1 saturated carbocycles. The molecule has 2 N–H and O–H groups in total. The Morgan fingerprint density at radius 2 is 1.77 bits per heavy atom. The average molecular weight is 185 g/mol. The number of carbonyl (C=O) groups excluding carboxylic acids is 1. The van der Waals surface area contributed by atoms with E-state index < -0.39 is 11.5 Å². The molecule has 4 heteroatoms. The standard InChI is InChI=1S/C9H15NO3/c11-7-10-9(8(12)13)5-3-1-2-4-6-9/h7H,1-6H2,(H,10,11)(H,12,13). The molecule has 1 aliphatic rings. The molecule has 0 unspecified atom stereocenters. The topological polar surface area (TPSA) is 66.4 Å². The highest BCUT2D eigenvalue weighted by molar-refractivity contribution is 5.81. The van der Waals surface area contributed by atoms with Crippen LogP contribution in [0.15, 0.2) is 0 Å². The van der Waals surface area contributed by atoms with E-state index in [-0.39, 0.29) is 0 Å². The lowest BCUT2D eigenvalue weighted by Crippen LogP contribution is -2.51. The van der Waals surface area contributed by atoms with Crippen LogP contribution in [0.2, 0.25) is 0 Å². The fourth-order valence-electron chi connectivity index (χ4n) is 1.86. The molecule has 0 bridgehead atoms. The van der Waals surface area contributed by atoms with Crippen molar-refractivity contribution in [2.45, 2.75) is 44.1 Å². The Morgan fingerprint density at radius 1 is 1.23 bits per heavy atom. The van der Waals surface area contributed by atoms with Crippen LogP contribution in [0.1, 0.15) is 38.5 Å². The van der Waals surface area contributed by atoms with Crippen molar-refractivity contribution < 1.29 is 14.7 Å². The number of hydrogen-bond donors (Lipinski definition) is 2. The van der Waals surface area contributed by atoms with Gasteiger partial charge in [-0.3, -0.25) is 4.79 Å². The number of rotatable bonds is 3. The number of hydrogen-bond acceptors (Lipinski definition) is 2. The van der Waals surface area contributed by atoms with Gasteiger partial charge in [-0.05, 0) is 12.8 Å². The van der Waals surface area contributed by atoms with E-state index >= 15 is 0 Å². The Bertz CT molecular complexity index is 195. The maximum atomic E-state index is 11.0. The molecular weight excluding hydrogens is 170 g/mol. The predicted octanol–water partition coefficient (Wildman–Crippen LogP) is 0.910. The summed E-state index contributed by atoms with van der Waals surface area (Å²) in [7, 11) is 0. The summed E-state index contributed by atoms with van der Waals surface area (Å²) in [6.07, 6.45) is 5.51. The van der Waals surface area contributed by atoms with Gasteiger partial charge in [-0.25, -0.2) is 4.79 Å². The zero-order chi connectivity index (χ0) is 9.73. The maximum Gasteiger partial charge on any atom is 0.329 e. The van der Waals surface area contributed by atoms with Gasteiger partial charge in [0.25, 0.3) is 0 Å². The van der Waals surface area contributed by atoms with Crippen molar-refractivity contribution in [3.8, 4) is 0 Å². The molecule has 0 aromatic heterocycles. The number of aliphatic carboxylic acids is 1. The summed E-state index contributed by atoms with van der Waals surface area (Å²) in [5.74, 6) is -0.901. The van der Waals surface area contributed by atoms with Gasteiger partial charge in [0.2, 0.25) is 6.41 Å². The van der Waals surface area contributed by atoms with Gasteiger partial charge < -0.3 is 10.4 Å². The maximum absolute atomic E-state index is 11.0. The van der Waals surface area contributed by atoms with Crippen LogP contribution in [0, 0.1) is 0 Å². The Kier molecular flexibility index (Phi) is 3.28. The fourth-order valence-corrected chi connectivity index (χ4v) is 1.86. The molecule has 1 fully saturated rings. The number of carbonyl (C=O) groups is 2. The predicted molar refractivity (Wildman–Crippen MR) is 47.3 cm³/mol. The second-order valence-corrected chi connectivity index (χ2v) is 3.56. The minimum absolute atomic E-state index is 0.499. The van der Waals surface area contributed by atoms with Crippen molar-refractivity contribution in [3.05, 3.63) is 0 Å². The summed E-state index contributed by atoms with van der Waals surface area (Å²) in [4.78, 5) is 21.3. The highest BCUT2D eigenvalue weighted by atomic mass is 16.4. The molecule has 0 heterocycles. The van der Waals surface area contributed by atoms with E-state index in [1.165, 1.54) is 0 Å². The molecule has 1 rings (SSSR count). The van der Waals surface area contributed by atoms with Crippen molar-refractivity contribution in [2.24, 2.45) is 0 Å². The summed E-state index contributed by atoms with van der Waals surface area (Å²) < 4.78 is 0. The monoisotopic (exact) mass is 185 g/mol. The molecule has 0 aliphatic heterocycles. The quantitative estimate of drug-likeness (QED) is 0.507. The lowest BCUT2D eigenvalue weighted by Gasteiger charge is -2.26. The molecule has 4 nitrogen and oxygen atoms in total. The van der Waals surface area contributed by atoms with Crippen molar-refractivity contribution in [1.29, 1.82) is 0 Å². The highest BCUT2D eigenvalue weighted by Gasteiger charge is 2.37. The van der Waals surface area contributed by atoms with E-state index in [0.717, 1.165) is 25.7 Å². The van der Waals surface area contributed by atoms with Crippen LogP contribution in [0.3, 0.4) is 0 Å². The molecule has 0 saturated heterocycles. The van der Waals surface area contributed by atoms with Gasteiger partial charge in [0.1, 0.15) is 5.54 Å². The first-order valence-electron chi connectivity index (χ1n) is 4.66. The van der Waals surface area contributed by atoms with E-state index in [9.17, 15) is 9.59 Å². The third-order valence-corrected chi connectivity index (χ3v) is 2.70. The smallest absolute Gasteiger partial charge is 0.329 e. The van der Waals surface area contributed by atoms with Gasteiger partial charge in [0.05, 0.1) is 0 Å². The lowest BCUT2D eigenvalue weighted by atomic mass is 9.91.